The first-order valence-electron chi connectivity index (χ1n) is 12.7. The molecule has 2 N–H and O–H groups in total. The number of benzene rings is 2. The van der Waals surface area contributed by atoms with Crippen LogP contribution in [0.5, 0.6) is 0 Å². The summed E-state index contributed by atoms with van der Waals surface area (Å²) < 4.78 is 5.69. The average molecular weight is 477 g/mol. The summed E-state index contributed by atoms with van der Waals surface area (Å²) in [6.07, 6.45) is 5.34. The summed E-state index contributed by atoms with van der Waals surface area (Å²) in [6, 6.07) is 16.0. The number of fused-ring (bicyclic) bond motifs is 3. The fraction of sp³-hybridized carbons (Fsp3) is 0.464. The molecule has 7 nitrogen and oxygen atoms in total. The lowest BCUT2D eigenvalue weighted by Crippen LogP contribution is -2.50. The molecule has 0 spiro atoms. The summed E-state index contributed by atoms with van der Waals surface area (Å²) >= 11 is 0. The van der Waals surface area contributed by atoms with Gasteiger partial charge >= 0.3 is 12.1 Å². The molecule has 0 unspecified atom stereocenters. The van der Waals surface area contributed by atoms with Crippen molar-refractivity contribution in [1.82, 2.24) is 10.2 Å². The van der Waals surface area contributed by atoms with Crippen LogP contribution in [0, 0.1) is 5.92 Å². The summed E-state index contributed by atoms with van der Waals surface area (Å²) in [6.45, 7) is -0.0595. The van der Waals surface area contributed by atoms with Gasteiger partial charge < -0.3 is 20.1 Å². The number of alkyl carbamates (subject to hydrolysis) is 1. The standard InChI is InChI=1S/C28H32N2O5/c31-26(32)16-30(18-8-1-2-9-18)27(33)23-14-7-15-25(23)29-28(34)35-17-24-21-12-5-3-10-19(21)20-11-4-6-13-22(20)24/h3-6,10-13,18,23-25H,1-2,7-9,14-17H2,(H,29,34)(H,31,32)/t23-,25+/m1/s1. The number of carbonyl (C=O) groups is 3. The van der Waals surface area contributed by atoms with Crippen LogP contribution in [-0.4, -0.2) is 53.2 Å². The van der Waals surface area contributed by atoms with Crippen LogP contribution >= 0.6 is 0 Å². The van der Waals surface area contributed by atoms with E-state index in [2.05, 4.69) is 29.6 Å². The zero-order valence-corrected chi connectivity index (χ0v) is 19.8. The zero-order valence-electron chi connectivity index (χ0n) is 19.8. The minimum atomic E-state index is -0.996. The first-order valence-corrected chi connectivity index (χ1v) is 12.7. The van der Waals surface area contributed by atoms with Gasteiger partial charge in [0.25, 0.3) is 0 Å². The molecule has 0 saturated heterocycles. The van der Waals surface area contributed by atoms with Crippen molar-refractivity contribution < 1.29 is 24.2 Å². The Kier molecular flexibility index (Phi) is 6.75. The molecular formula is C28H32N2O5. The molecule has 2 amide bonds. The molecule has 184 valence electrons. The van der Waals surface area contributed by atoms with Crippen LogP contribution in [-0.2, 0) is 14.3 Å². The van der Waals surface area contributed by atoms with Crippen LogP contribution in [0.25, 0.3) is 11.1 Å². The highest BCUT2D eigenvalue weighted by Gasteiger charge is 2.40. The van der Waals surface area contributed by atoms with Gasteiger partial charge in [-0.25, -0.2) is 4.79 Å². The van der Waals surface area contributed by atoms with Crippen LogP contribution in [0.1, 0.15) is 62.0 Å². The Bertz CT molecular complexity index is 1060. The number of ether oxygens (including phenoxy) is 1. The molecule has 3 aliphatic rings. The molecule has 5 rings (SSSR count). The van der Waals surface area contributed by atoms with E-state index in [4.69, 9.17) is 4.74 Å². The number of carbonyl (C=O) groups excluding carboxylic acids is 2. The average Bonchev–Trinajstić information content (AvgIpc) is 3.60. The monoisotopic (exact) mass is 476 g/mol. The second kappa shape index (κ2) is 10.1. The number of rotatable bonds is 7. The Morgan fingerprint density at radius 3 is 2.14 bits per heavy atom. The molecule has 35 heavy (non-hydrogen) atoms. The smallest absolute Gasteiger partial charge is 0.407 e. The Labute approximate surface area is 205 Å². The maximum atomic E-state index is 13.4. The third-order valence-corrected chi connectivity index (χ3v) is 7.83. The SMILES string of the molecule is O=C(O)CN(C(=O)[C@@H]1CCC[C@@H]1NC(=O)OCC1c2ccccc2-c2ccccc21)C1CCCC1. The summed E-state index contributed by atoms with van der Waals surface area (Å²) in [5.74, 6) is -1.58. The van der Waals surface area contributed by atoms with Gasteiger partial charge in [0.15, 0.2) is 0 Å². The van der Waals surface area contributed by atoms with Crippen molar-refractivity contribution in [2.24, 2.45) is 5.92 Å². The van der Waals surface area contributed by atoms with E-state index < -0.39 is 18.0 Å². The van der Waals surface area contributed by atoms with Crippen molar-refractivity contribution in [3.8, 4) is 11.1 Å². The van der Waals surface area contributed by atoms with Gasteiger partial charge in [-0.15, -0.1) is 0 Å². The Balaban J connectivity index is 1.23. The Morgan fingerprint density at radius 2 is 1.51 bits per heavy atom. The predicted molar refractivity (Wildman–Crippen MR) is 131 cm³/mol. The van der Waals surface area contributed by atoms with E-state index in [1.165, 1.54) is 16.0 Å². The van der Waals surface area contributed by atoms with Crippen LogP contribution in [0.4, 0.5) is 4.79 Å². The first-order chi connectivity index (χ1) is 17.0. The van der Waals surface area contributed by atoms with Crippen molar-refractivity contribution in [3.63, 3.8) is 0 Å². The highest BCUT2D eigenvalue weighted by Crippen LogP contribution is 2.44. The molecule has 0 aliphatic heterocycles. The minimum absolute atomic E-state index is 0.0192. The number of aliphatic carboxylic acids is 1. The highest BCUT2D eigenvalue weighted by atomic mass is 16.5. The number of carboxylic acids is 1. The third kappa shape index (κ3) is 4.77. The Hall–Kier alpha value is -3.35. The molecule has 0 aromatic heterocycles. The third-order valence-electron chi connectivity index (χ3n) is 7.83. The maximum Gasteiger partial charge on any atom is 0.407 e. The quantitative estimate of drug-likeness (QED) is 0.611. The Morgan fingerprint density at radius 1 is 0.886 bits per heavy atom. The van der Waals surface area contributed by atoms with Gasteiger partial charge in [0.1, 0.15) is 13.2 Å². The molecule has 2 saturated carbocycles. The lowest BCUT2D eigenvalue weighted by atomic mass is 9.98. The van der Waals surface area contributed by atoms with Crippen molar-refractivity contribution >= 4 is 18.0 Å². The van der Waals surface area contributed by atoms with Crippen molar-refractivity contribution in [2.75, 3.05) is 13.2 Å². The number of nitrogens with one attached hydrogen (secondary N) is 1. The highest BCUT2D eigenvalue weighted by molar-refractivity contribution is 5.85. The molecule has 0 radical (unpaired) electrons. The van der Waals surface area contributed by atoms with Gasteiger partial charge in [0, 0.05) is 18.0 Å². The molecule has 3 aliphatic carbocycles. The molecular weight excluding hydrogens is 444 g/mol. The topological polar surface area (TPSA) is 95.9 Å². The lowest BCUT2D eigenvalue weighted by molar-refractivity contribution is -0.148. The van der Waals surface area contributed by atoms with E-state index in [0.717, 1.165) is 43.2 Å². The molecule has 2 fully saturated rings. The summed E-state index contributed by atoms with van der Waals surface area (Å²) in [5.41, 5.74) is 4.64. The molecule has 2 atom stereocenters. The summed E-state index contributed by atoms with van der Waals surface area (Å²) in [5, 5.41) is 12.3. The summed E-state index contributed by atoms with van der Waals surface area (Å²) in [7, 11) is 0. The zero-order chi connectivity index (χ0) is 24.4. The first kappa shape index (κ1) is 23.4. The van der Waals surface area contributed by atoms with Gasteiger partial charge in [-0.2, -0.15) is 0 Å². The lowest BCUT2D eigenvalue weighted by Gasteiger charge is -2.32. The summed E-state index contributed by atoms with van der Waals surface area (Å²) in [4.78, 5) is 39.2. The van der Waals surface area contributed by atoms with E-state index in [0.29, 0.717) is 12.8 Å². The molecule has 7 heteroatoms. The normalized spacial score (nSPS) is 21.4. The number of carboxylic acid groups (broad SMARTS) is 1. The second-order valence-electron chi connectivity index (χ2n) is 9.91. The van der Waals surface area contributed by atoms with Gasteiger partial charge in [-0.05, 0) is 47.9 Å². The van der Waals surface area contributed by atoms with E-state index in [-0.39, 0.29) is 37.1 Å². The maximum absolute atomic E-state index is 13.4. The number of nitrogens with zero attached hydrogens (tertiary/aromatic N) is 1. The van der Waals surface area contributed by atoms with Crippen molar-refractivity contribution in [2.45, 2.75) is 62.9 Å². The number of hydrogen-bond donors (Lipinski definition) is 2. The van der Waals surface area contributed by atoms with Gasteiger partial charge in [-0.1, -0.05) is 67.8 Å². The van der Waals surface area contributed by atoms with Gasteiger partial charge in [0.2, 0.25) is 5.91 Å². The van der Waals surface area contributed by atoms with E-state index in [1.807, 2.05) is 24.3 Å². The second-order valence-corrected chi connectivity index (χ2v) is 9.91. The van der Waals surface area contributed by atoms with E-state index in [9.17, 15) is 19.5 Å². The van der Waals surface area contributed by atoms with Gasteiger partial charge in [-0.3, -0.25) is 9.59 Å². The van der Waals surface area contributed by atoms with Crippen LogP contribution < -0.4 is 5.32 Å². The van der Waals surface area contributed by atoms with E-state index in [1.54, 1.807) is 0 Å². The van der Waals surface area contributed by atoms with Crippen LogP contribution in [0.2, 0.25) is 0 Å². The predicted octanol–water partition coefficient (Wildman–Crippen LogP) is 4.55. The molecule has 0 bridgehead atoms. The fourth-order valence-electron chi connectivity index (χ4n) is 6.18. The molecule has 2 aromatic carbocycles. The number of hydrogen-bond acceptors (Lipinski definition) is 4. The minimum Gasteiger partial charge on any atom is -0.480 e. The van der Waals surface area contributed by atoms with Crippen LogP contribution in [0.15, 0.2) is 48.5 Å². The molecule has 2 aromatic rings. The van der Waals surface area contributed by atoms with Crippen molar-refractivity contribution in [3.05, 3.63) is 59.7 Å². The van der Waals surface area contributed by atoms with Crippen LogP contribution in [0.3, 0.4) is 0 Å². The largest absolute Gasteiger partial charge is 0.480 e. The van der Waals surface area contributed by atoms with Gasteiger partial charge in [0.05, 0.1) is 5.92 Å². The molecule has 0 heterocycles. The fourth-order valence-corrected chi connectivity index (χ4v) is 6.18. The van der Waals surface area contributed by atoms with Crippen molar-refractivity contribution in [1.29, 1.82) is 0 Å². The van der Waals surface area contributed by atoms with E-state index >= 15 is 0 Å². The number of amides is 2.